The minimum Gasteiger partial charge on any atom is -0.465 e. The lowest BCUT2D eigenvalue weighted by Crippen LogP contribution is -2.36. The molecule has 0 aromatic carbocycles. The number of amides is 1. The molecule has 1 amide bonds. The topological polar surface area (TPSA) is 116 Å². The molecule has 4 N–H and O–H groups in total. The maximum atomic E-state index is 10.4. The lowest BCUT2D eigenvalue weighted by atomic mass is 10.2. The Bertz CT molecular complexity index is 276. The third-order valence-electron chi connectivity index (χ3n) is 1.43. The molecule has 0 aliphatic carbocycles. The van der Waals surface area contributed by atoms with Crippen LogP contribution in [-0.2, 0) is 10.3 Å². The minimum absolute atomic E-state index is 0.0953. The van der Waals surface area contributed by atoms with Gasteiger partial charge < -0.3 is 10.4 Å². The molecule has 0 saturated carbocycles. The first-order valence-electron chi connectivity index (χ1n) is 3.86. The molecule has 1 radical (unpaired) electrons. The van der Waals surface area contributed by atoms with Crippen LogP contribution in [0.1, 0.15) is 12.8 Å². The molecule has 8 heteroatoms. The van der Waals surface area contributed by atoms with Crippen molar-refractivity contribution in [2.45, 2.75) is 18.9 Å². The molecule has 1 atom stereocenters. The van der Waals surface area contributed by atoms with Gasteiger partial charge in [-0.2, -0.15) is 13.1 Å². The highest BCUT2D eigenvalue weighted by molar-refractivity contribution is 7.83. The summed E-state index contributed by atoms with van der Waals surface area (Å²) in [5.41, 5.74) is 0. The molecule has 0 fully saturated rings. The normalized spacial score (nSPS) is 13.6. The van der Waals surface area contributed by atoms with Gasteiger partial charge >= 0.3 is 16.4 Å². The smallest absolute Gasteiger partial charge is 0.404 e. The molecule has 7 nitrogen and oxygen atoms in total. The zero-order chi connectivity index (χ0) is 11.2. The number of carbonyl (C=O) groups is 1. The van der Waals surface area contributed by atoms with Crippen LogP contribution in [0.4, 0.5) is 4.79 Å². The average molecular weight is 225 g/mol. The summed E-state index contributed by atoms with van der Waals surface area (Å²) in [6, 6.07) is -0.572. The van der Waals surface area contributed by atoms with Gasteiger partial charge in [-0.1, -0.05) is 6.92 Å². The van der Waals surface area contributed by atoms with E-state index in [0.29, 0.717) is 0 Å². The predicted molar refractivity (Wildman–Crippen MR) is 49.1 cm³/mol. The van der Waals surface area contributed by atoms with Crippen LogP contribution in [0.25, 0.3) is 0 Å². The minimum atomic E-state index is -4.25. The molecule has 0 bridgehead atoms. The van der Waals surface area contributed by atoms with Gasteiger partial charge in [0.2, 0.25) is 0 Å². The summed E-state index contributed by atoms with van der Waals surface area (Å²) in [4.78, 5) is 10.0. The number of hydrogen-bond donors (Lipinski definition) is 4. The standard InChI is InChI=1S/C6H13N2O5S/c1-2-5(8-14(11,12)13)3-4-7-6(9)10/h5,7-8H,1-4H2,(H,9,10)(H,11,12,13). The first-order chi connectivity index (χ1) is 6.35. The summed E-state index contributed by atoms with van der Waals surface area (Å²) in [6.45, 7) is 3.55. The molecular weight excluding hydrogens is 212 g/mol. The Morgan fingerprint density at radius 1 is 1.50 bits per heavy atom. The van der Waals surface area contributed by atoms with Crippen molar-refractivity contribution < 1.29 is 22.9 Å². The summed E-state index contributed by atoms with van der Waals surface area (Å²) in [5, 5.41) is 10.3. The van der Waals surface area contributed by atoms with Gasteiger partial charge in [-0.3, -0.25) is 4.55 Å². The maximum Gasteiger partial charge on any atom is 0.404 e. The number of rotatable bonds is 6. The Morgan fingerprint density at radius 3 is 2.43 bits per heavy atom. The molecule has 0 saturated heterocycles. The van der Waals surface area contributed by atoms with Crippen LogP contribution in [0, 0.1) is 6.92 Å². The van der Waals surface area contributed by atoms with E-state index in [9.17, 15) is 13.2 Å². The maximum absolute atomic E-state index is 10.4. The third-order valence-corrected chi connectivity index (χ3v) is 2.06. The summed E-state index contributed by atoms with van der Waals surface area (Å²) in [6.07, 6.45) is -0.726. The Morgan fingerprint density at radius 2 is 2.07 bits per heavy atom. The predicted octanol–water partition coefficient (Wildman–Crippen LogP) is -0.371. The lowest BCUT2D eigenvalue weighted by molar-refractivity contribution is 0.194. The Balaban J connectivity index is 3.86. The van der Waals surface area contributed by atoms with E-state index < -0.39 is 22.4 Å². The highest BCUT2D eigenvalue weighted by Crippen LogP contribution is 1.97. The van der Waals surface area contributed by atoms with Gasteiger partial charge in [-0.05, 0) is 12.8 Å². The van der Waals surface area contributed by atoms with Crippen molar-refractivity contribution in [1.29, 1.82) is 0 Å². The number of hydrogen-bond acceptors (Lipinski definition) is 3. The van der Waals surface area contributed by atoms with Crippen LogP contribution < -0.4 is 10.0 Å². The summed E-state index contributed by atoms with van der Waals surface area (Å²) in [5.74, 6) is 0. The van der Waals surface area contributed by atoms with Gasteiger partial charge in [0, 0.05) is 12.6 Å². The van der Waals surface area contributed by atoms with Crippen LogP contribution in [0.2, 0.25) is 0 Å². The number of nitrogens with one attached hydrogen (secondary N) is 2. The van der Waals surface area contributed by atoms with E-state index in [1.165, 1.54) is 0 Å². The third kappa shape index (κ3) is 7.77. The fraction of sp³-hybridized carbons (Fsp3) is 0.667. The van der Waals surface area contributed by atoms with Gasteiger partial charge in [0.15, 0.2) is 0 Å². The van der Waals surface area contributed by atoms with E-state index in [2.05, 4.69) is 12.2 Å². The van der Waals surface area contributed by atoms with Crippen LogP contribution in [0.15, 0.2) is 0 Å². The van der Waals surface area contributed by atoms with Gasteiger partial charge in [-0.25, -0.2) is 4.79 Å². The SMILES string of the molecule is [CH2]CC(CCNC(=O)O)NS(=O)(=O)O. The summed E-state index contributed by atoms with van der Waals surface area (Å²) >= 11 is 0. The van der Waals surface area contributed by atoms with Gasteiger partial charge in [-0.15, -0.1) is 0 Å². The molecule has 0 aromatic heterocycles. The van der Waals surface area contributed by atoms with E-state index in [0.717, 1.165) is 0 Å². The molecule has 1 unspecified atom stereocenters. The average Bonchev–Trinajstić information content (AvgIpc) is 1.99. The second kappa shape index (κ2) is 5.78. The fourth-order valence-corrected chi connectivity index (χ4v) is 1.48. The molecular formula is C6H13N2O5S. The molecule has 14 heavy (non-hydrogen) atoms. The Kier molecular flexibility index (Phi) is 5.43. The van der Waals surface area contributed by atoms with Crippen molar-refractivity contribution in [3.05, 3.63) is 6.92 Å². The van der Waals surface area contributed by atoms with E-state index in [-0.39, 0.29) is 19.4 Å². The summed E-state index contributed by atoms with van der Waals surface area (Å²) in [7, 11) is -4.25. The van der Waals surface area contributed by atoms with E-state index >= 15 is 0 Å². The molecule has 0 rings (SSSR count). The largest absolute Gasteiger partial charge is 0.465 e. The summed E-state index contributed by atoms with van der Waals surface area (Å²) < 4.78 is 31.1. The highest BCUT2D eigenvalue weighted by atomic mass is 32.2. The number of carboxylic acid groups (broad SMARTS) is 1. The lowest BCUT2D eigenvalue weighted by Gasteiger charge is -2.13. The zero-order valence-electron chi connectivity index (χ0n) is 7.43. The Labute approximate surface area is 82.4 Å². The van der Waals surface area contributed by atoms with Crippen molar-refractivity contribution >= 4 is 16.4 Å². The van der Waals surface area contributed by atoms with Crippen molar-refractivity contribution in [2.75, 3.05) is 6.54 Å². The quantitative estimate of drug-likeness (QED) is 0.460. The van der Waals surface area contributed by atoms with Crippen molar-refractivity contribution in [3.63, 3.8) is 0 Å². The van der Waals surface area contributed by atoms with Gasteiger partial charge in [0.25, 0.3) is 0 Å². The first kappa shape index (κ1) is 13.1. The van der Waals surface area contributed by atoms with E-state index in [1.54, 1.807) is 0 Å². The second-order valence-corrected chi connectivity index (χ2v) is 3.78. The molecule has 0 aromatic rings. The zero-order valence-corrected chi connectivity index (χ0v) is 8.25. The Hall–Kier alpha value is -0.860. The van der Waals surface area contributed by atoms with E-state index in [1.807, 2.05) is 4.72 Å². The van der Waals surface area contributed by atoms with Crippen LogP contribution in [-0.4, -0.2) is 36.8 Å². The van der Waals surface area contributed by atoms with Crippen molar-refractivity contribution in [1.82, 2.24) is 10.0 Å². The van der Waals surface area contributed by atoms with Crippen LogP contribution in [0.5, 0.6) is 0 Å². The monoisotopic (exact) mass is 225 g/mol. The molecule has 0 spiro atoms. The highest BCUT2D eigenvalue weighted by Gasteiger charge is 2.13. The molecule has 0 heterocycles. The van der Waals surface area contributed by atoms with E-state index in [4.69, 9.17) is 9.66 Å². The van der Waals surface area contributed by atoms with Crippen LogP contribution in [0.3, 0.4) is 0 Å². The van der Waals surface area contributed by atoms with Crippen molar-refractivity contribution in [3.8, 4) is 0 Å². The van der Waals surface area contributed by atoms with Gasteiger partial charge in [0.1, 0.15) is 0 Å². The molecule has 83 valence electrons. The molecule has 0 aliphatic rings. The van der Waals surface area contributed by atoms with Crippen LogP contribution >= 0.6 is 0 Å². The molecule has 0 aliphatic heterocycles. The second-order valence-electron chi connectivity index (χ2n) is 2.60. The van der Waals surface area contributed by atoms with Gasteiger partial charge in [0.05, 0.1) is 0 Å². The first-order valence-corrected chi connectivity index (χ1v) is 5.30. The van der Waals surface area contributed by atoms with Crippen molar-refractivity contribution in [2.24, 2.45) is 0 Å². The fourth-order valence-electron chi connectivity index (χ4n) is 0.826.